The van der Waals surface area contributed by atoms with Crippen LogP contribution in [0.3, 0.4) is 0 Å². The van der Waals surface area contributed by atoms with E-state index >= 15 is 0 Å². The highest BCUT2D eigenvalue weighted by atomic mass is 32.1. The minimum atomic E-state index is 0.879. The molecule has 158 valence electrons. The summed E-state index contributed by atoms with van der Waals surface area (Å²) < 4.78 is 10.5. The Morgan fingerprint density at radius 2 is 0.625 bits per heavy atom. The summed E-state index contributed by atoms with van der Waals surface area (Å²) in [5, 5.41) is 0. The molecular weight excluding hydrogens is 432 g/mol. The van der Waals surface area contributed by atoms with Crippen LogP contribution in [0.2, 0.25) is 0 Å². The number of rotatable bonds is 6. The summed E-state index contributed by atoms with van der Waals surface area (Å²) in [6, 6.07) is 34.1. The summed E-state index contributed by atoms with van der Waals surface area (Å²) in [5.74, 6) is 1.76. The SMILES string of the molecule is COc1ccc(-c2ccc(-c3ccc(-c4ccc(-c5ccc(OC)cc5)s4)cc3)s2)cc1. The van der Waals surface area contributed by atoms with Gasteiger partial charge in [-0.3, -0.25) is 0 Å². The maximum absolute atomic E-state index is 5.26. The van der Waals surface area contributed by atoms with E-state index in [1.54, 1.807) is 14.2 Å². The number of methoxy groups -OCH3 is 2. The van der Waals surface area contributed by atoms with Crippen LogP contribution in [-0.2, 0) is 0 Å². The van der Waals surface area contributed by atoms with Gasteiger partial charge in [0.15, 0.2) is 0 Å². The number of ether oxygens (including phenoxy) is 2. The van der Waals surface area contributed by atoms with Crippen LogP contribution in [0.5, 0.6) is 11.5 Å². The van der Waals surface area contributed by atoms with Crippen molar-refractivity contribution in [1.82, 2.24) is 0 Å². The van der Waals surface area contributed by atoms with E-state index in [9.17, 15) is 0 Å². The zero-order chi connectivity index (χ0) is 21.9. The predicted molar refractivity (Wildman–Crippen MR) is 137 cm³/mol. The minimum Gasteiger partial charge on any atom is -0.497 e. The Morgan fingerprint density at radius 1 is 0.375 bits per heavy atom. The molecule has 0 saturated heterocycles. The van der Waals surface area contributed by atoms with Gasteiger partial charge in [-0.15, -0.1) is 22.7 Å². The van der Waals surface area contributed by atoms with Crippen molar-refractivity contribution in [3.05, 3.63) is 97.1 Å². The van der Waals surface area contributed by atoms with Crippen molar-refractivity contribution < 1.29 is 9.47 Å². The quantitative estimate of drug-likeness (QED) is 0.256. The standard InChI is InChI=1S/C28H22O2S2/c1-29-23-11-7-21(8-12-23)27-17-15-25(31-27)19-3-5-20(6-4-19)26-16-18-28(32-26)22-9-13-24(30-2)14-10-22/h3-18H,1-2H3. The van der Waals surface area contributed by atoms with Crippen molar-refractivity contribution in [3.8, 4) is 53.3 Å². The lowest BCUT2D eigenvalue weighted by molar-refractivity contribution is 0.415. The molecule has 5 rings (SSSR count). The first-order valence-corrected chi connectivity index (χ1v) is 12.0. The molecule has 0 atom stereocenters. The van der Waals surface area contributed by atoms with Crippen molar-refractivity contribution in [3.63, 3.8) is 0 Å². The van der Waals surface area contributed by atoms with Crippen LogP contribution >= 0.6 is 22.7 Å². The zero-order valence-corrected chi connectivity index (χ0v) is 19.5. The largest absolute Gasteiger partial charge is 0.497 e. The van der Waals surface area contributed by atoms with Gasteiger partial charge in [0, 0.05) is 19.5 Å². The fourth-order valence-electron chi connectivity index (χ4n) is 3.61. The second-order valence-electron chi connectivity index (χ2n) is 7.36. The molecular formula is C28H22O2S2. The van der Waals surface area contributed by atoms with Crippen molar-refractivity contribution in [1.29, 1.82) is 0 Å². The lowest BCUT2D eigenvalue weighted by Crippen LogP contribution is -1.81. The molecule has 0 radical (unpaired) electrons. The van der Waals surface area contributed by atoms with Gasteiger partial charge in [0.1, 0.15) is 11.5 Å². The Hall–Kier alpha value is -3.34. The van der Waals surface area contributed by atoms with Crippen LogP contribution in [-0.4, -0.2) is 14.2 Å². The molecule has 0 amide bonds. The summed E-state index contributed by atoms with van der Waals surface area (Å²) in [7, 11) is 3.38. The van der Waals surface area contributed by atoms with Gasteiger partial charge in [0.05, 0.1) is 14.2 Å². The smallest absolute Gasteiger partial charge is 0.118 e. The monoisotopic (exact) mass is 454 g/mol. The fourth-order valence-corrected chi connectivity index (χ4v) is 5.64. The minimum absolute atomic E-state index is 0.879. The maximum Gasteiger partial charge on any atom is 0.118 e. The first kappa shape index (κ1) is 20.6. The highest BCUT2D eigenvalue weighted by molar-refractivity contribution is 7.19. The third kappa shape index (κ3) is 4.20. The molecule has 2 nitrogen and oxygen atoms in total. The molecule has 3 aromatic carbocycles. The molecule has 0 saturated carbocycles. The summed E-state index contributed by atoms with van der Waals surface area (Å²) in [6.07, 6.45) is 0. The molecule has 5 aromatic rings. The van der Waals surface area contributed by atoms with E-state index in [0.29, 0.717) is 0 Å². The van der Waals surface area contributed by atoms with Gasteiger partial charge in [-0.05, 0) is 95.1 Å². The summed E-state index contributed by atoms with van der Waals surface area (Å²) in [6.45, 7) is 0. The lowest BCUT2D eigenvalue weighted by atomic mass is 10.1. The van der Waals surface area contributed by atoms with Gasteiger partial charge < -0.3 is 9.47 Å². The number of thiophene rings is 2. The Kier molecular flexibility index (Phi) is 5.80. The topological polar surface area (TPSA) is 18.5 Å². The molecule has 0 bridgehead atoms. The average molecular weight is 455 g/mol. The molecule has 0 aliphatic heterocycles. The van der Waals surface area contributed by atoms with Crippen LogP contribution < -0.4 is 9.47 Å². The van der Waals surface area contributed by atoms with Gasteiger partial charge in [0.25, 0.3) is 0 Å². The first-order valence-electron chi connectivity index (χ1n) is 10.3. The molecule has 0 spiro atoms. The second-order valence-corrected chi connectivity index (χ2v) is 9.53. The maximum atomic E-state index is 5.26. The Labute approximate surface area is 196 Å². The van der Waals surface area contributed by atoms with Crippen LogP contribution in [0.15, 0.2) is 97.1 Å². The molecule has 2 heterocycles. The van der Waals surface area contributed by atoms with E-state index in [1.807, 2.05) is 46.9 Å². The fraction of sp³-hybridized carbons (Fsp3) is 0.0714. The van der Waals surface area contributed by atoms with Crippen LogP contribution in [0.4, 0.5) is 0 Å². The van der Waals surface area contributed by atoms with Crippen molar-refractivity contribution in [2.45, 2.75) is 0 Å². The molecule has 32 heavy (non-hydrogen) atoms. The molecule has 0 unspecified atom stereocenters. The van der Waals surface area contributed by atoms with E-state index in [0.717, 1.165) is 11.5 Å². The highest BCUT2D eigenvalue weighted by Gasteiger charge is 2.08. The van der Waals surface area contributed by atoms with Crippen LogP contribution in [0.25, 0.3) is 41.8 Å². The van der Waals surface area contributed by atoms with E-state index in [4.69, 9.17) is 9.47 Å². The van der Waals surface area contributed by atoms with E-state index < -0.39 is 0 Å². The van der Waals surface area contributed by atoms with Gasteiger partial charge in [0.2, 0.25) is 0 Å². The lowest BCUT2D eigenvalue weighted by Gasteiger charge is -2.03. The molecule has 4 heteroatoms. The normalized spacial score (nSPS) is 10.8. The summed E-state index contributed by atoms with van der Waals surface area (Å²) in [4.78, 5) is 5.06. The molecule has 2 aromatic heterocycles. The number of hydrogen-bond donors (Lipinski definition) is 0. The molecule has 0 aliphatic rings. The van der Waals surface area contributed by atoms with Gasteiger partial charge in [-0.2, -0.15) is 0 Å². The van der Waals surface area contributed by atoms with Gasteiger partial charge in [-0.1, -0.05) is 24.3 Å². The van der Waals surface area contributed by atoms with Crippen molar-refractivity contribution in [2.75, 3.05) is 14.2 Å². The van der Waals surface area contributed by atoms with Crippen molar-refractivity contribution in [2.24, 2.45) is 0 Å². The Morgan fingerprint density at radius 3 is 0.875 bits per heavy atom. The number of hydrogen-bond acceptors (Lipinski definition) is 4. The van der Waals surface area contributed by atoms with E-state index in [-0.39, 0.29) is 0 Å². The predicted octanol–water partition coefficient (Wildman–Crippen LogP) is 8.49. The molecule has 0 aliphatic carbocycles. The van der Waals surface area contributed by atoms with E-state index in [1.165, 1.54) is 41.8 Å². The summed E-state index contributed by atoms with van der Waals surface area (Å²) in [5.41, 5.74) is 4.91. The Bertz CT molecular complexity index is 1210. The Balaban J connectivity index is 1.34. The molecule has 0 N–H and O–H groups in total. The van der Waals surface area contributed by atoms with Crippen LogP contribution in [0, 0.1) is 0 Å². The average Bonchev–Trinajstić information content (AvgIpc) is 3.55. The highest BCUT2D eigenvalue weighted by Crippen LogP contribution is 2.38. The van der Waals surface area contributed by atoms with Gasteiger partial charge >= 0.3 is 0 Å². The van der Waals surface area contributed by atoms with Crippen molar-refractivity contribution >= 4 is 22.7 Å². The first-order chi connectivity index (χ1) is 15.7. The third-order valence-corrected chi connectivity index (χ3v) is 7.78. The zero-order valence-electron chi connectivity index (χ0n) is 17.9. The second kappa shape index (κ2) is 9.03. The third-order valence-electron chi connectivity index (χ3n) is 5.42. The molecule has 0 fully saturated rings. The summed E-state index contributed by atoms with van der Waals surface area (Å²) >= 11 is 3.62. The van der Waals surface area contributed by atoms with Crippen LogP contribution in [0.1, 0.15) is 0 Å². The van der Waals surface area contributed by atoms with E-state index in [2.05, 4.69) is 72.8 Å². The number of benzene rings is 3. The van der Waals surface area contributed by atoms with Gasteiger partial charge in [-0.25, -0.2) is 0 Å².